The van der Waals surface area contributed by atoms with Crippen LogP contribution in [-0.4, -0.2) is 34.3 Å². The molecule has 5 heteroatoms. The van der Waals surface area contributed by atoms with Gasteiger partial charge in [0, 0.05) is 25.1 Å². The first-order chi connectivity index (χ1) is 9.10. The lowest BCUT2D eigenvalue weighted by molar-refractivity contribution is 0.138. The van der Waals surface area contributed by atoms with Gasteiger partial charge in [0.15, 0.2) is 0 Å². The van der Waals surface area contributed by atoms with Crippen molar-refractivity contribution in [2.24, 2.45) is 5.92 Å². The lowest BCUT2D eigenvalue weighted by atomic mass is 10.1. The summed E-state index contributed by atoms with van der Waals surface area (Å²) in [5.41, 5.74) is 0. The van der Waals surface area contributed by atoms with Crippen LogP contribution in [0.3, 0.4) is 0 Å². The summed E-state index contributed by atoms with van der Waals surface area (Å²) in [4.78, 5) is 9.06. The van der Waals surface area contributed by atoms with Gasteiger partial charge in [0.1, 0.15) is 17.5 Å². The van der Waals surface area contributed by atoms with Crippen molar-refractivity contribution in [1.29, 1.82) is 0 Å². The Labute approximate surface area is 114 Å². The van der Waals surface area contributed by atoms with Crippen LogP contribution in [0.4, 0.5) is 11.6 Å². The van der Waals surface area contributed by atoms with Crippen LogP contribution >= 0.6 is 0 Å². The van der Waals surface area contributed by atoms with Crippen molar-refractivity contribution in [3.63, 3.8) is 0 Å². The molecule has 1 aromatic heterocycles. The van der Waals surface area contributed by atoms with Crippen LogP contribution in [-0.2, 0) is 0 Å². The van der Waals surface area contributed by atoms with E-state index in [0.29, 0.717) is 12.5 Å². The second-order valence-corrected chi connectivity index (χ2v) is 5.49. The van der Waals surface area contributed by atoms with E-state index < -0.39 is 0 Å². The molecule has 0 bridgehead atoms. The summed E-state index contributed by atoms with van der Waals surface area (Å²) in [5.74, 6) is 3.34. The van der Waals surface area contributed by atoms with Gasteiger partial charge in [-0.15, -0.1) is 0 Å². The minimum absolute atomic E-state index is 0.241. The quantitative estimate of drug-likeness (QED) is 0.704. The van der Waals surface area contributed by atoms with Crippen LogP contribution in [0.5, 0.6) is 0 Å². The molecule has 0 amide bonds. The zero-order chi connectivity index (χ0) is 13.8. The van der Waals surface area contributed by atoms with Gasteiger partial charge in [0.05, 0.1) is 6.10 Å². The Morgan fingerprint density at radius 2 is 1.89 bits per heavy atom. The molecule has 106 valence electrons. The van der Waals surface area contributed by atoms with Gasteiger partial charge in [-0.05, 0) is 25.7 Å². The van der Waals surface area contributed by atoms with Crippen LogP contribution < -0.4 is 10.6 Å². The van der Waals surface area contributed by atoms with Crippen molar-refractivity contribution in [3.8, 4) is 0 Å². The van der Waals surface area contributed by atoms with Crippen molar-refractivity contribution in [2.45, 2.75) is 45.6 Å². The fraction of sp³-hybridized carbons (Fsp3) is 0.714. The fourth-order valence-electron chi connectivity index (χ4n) is 1.80. The number of hydrogen-bond donors (Lipinski definition) is 3. The number of anilines is 2. The van der Waals surface area contributed by atoms with Crippen molar-refractivity contribution >= 4 is 11.6 Å². The average molecular weight is 264 g/mol. The second-order valence-electron chi connectivity index (χ2n) is 5.49. The van der Waals surface area contributed by atoms with Gasteiger partial charge in [0.25, 0.3) is 0 Å². The minimum Gasteiger partial charge on any atom is -0.391 e. The molecule has 0 radical (unpaired) electrons. The number of aliphatic hydroxyl groups excluding tert-OH is 1. The third-order valence-corrected chi connectivity index (χ3v) is 3.31. The molecule has 1 unspecified atom stereocenters. The van der Waals surface area contributed by atoms with Gasteiger partial charge >= 0.3 is 0 Å². The monoisotopic (exact) mass is 264 g/mol. The van der Waals surface area contributed by atoms with Gasteiger partial charge in [-0.1, -0.05) is 13.8 Å². The number of rotatable bonds is 7. The Balaban J connectivity index is 2.05. The molecule has 1 heterocycles. The molecule has 1 saturated carbocycles. The first-order valence-electron chi connectivity index (χ1n) is 7.15. The molecule has 1 fully saturated rings. The predicted molar refractivity (Wildman–Crippen MR) is 77.5 cm³/mol. The van der Waals surface area contributed by atoms with Crippen LogP contribution in [0.15, 0.2) is 6.07 Å². The van der Waals surface area contributed by atoms with Gasteiger partial charge in [-0.25, -0.2) is 9.97 Å². The van der Waals surface area contributed by atoms with E-state index in [0.717, 1.165) is 24.0 Å². The Morgan fingerprint density at radius 3 is 2.42 bits per heavy atom. The number of aromatic nitrogens is 2. The summed E-state index contributed by atoms with van der Waals surface area (Å²) < 4.78 is 0. The second kappa shape index (κ2) is 6.19. The summed E-state index contributed by atoms with van der Waals surface area (Å²) in [6.07, 6.45) is 2.01. The summed E-state index contributed by atoms with van der Waals surface area (Å²) in [7, 11) is 0. The zero-order valence-electron chi connectivity index (χ0n) is 12.0. The molecule has 5 nitrogen and oxygen atoms in total. The van der Waals surface area contributed by atoms with Crippen molar-refractivity contribution in [1.82, 2.24) is 9.97 Å². The lowest BCUT2D eigenvalue weighted by Gasteiger charge is -2.16. The average Bonchev–Trinajstić information content (AvgIpc) is 3.20. The molecular formula is C14H24N4O. The van der Waals surface area contributed by atoms with Crippen LogP contribution in [0.2, 0.25) is 0 Å². The van der Waals surface area contributed by atoms with Gasteiger partial charge in [0.2, 0.25) is 0 Å². The summed E-state index contributed by atoms with van der Waals surface area (Å²) >= 11 is 0. The van der Waals surface area contributed by atoms with Crippen molar-refractivity contribution in [2.75, 3.05) is 23.7 Å². The third kappa shape index (κ3) is 4.06. The highest BCUT2D eigenvalue weighted by atomic mass is 16.3. The van der Waals surface area contributed by atoms with Crippen molar-refractivity contribution < 1.29 is 5.11 Å². The predicted octanol–water partition coefficient (Wildman–Crippen LogP) is 2.21. The smallest absolute Gasteiger partial charge is 0.136 e. The Morgan fingerprint density at radius 1 is 1.26 bits per heavy atom. The summed E-state index contributed by atoms with van der Waals surface area (Å²) in [6.45, 7) is 7.42. The lowest BCUT2D eigenvalue weighted by Crippen LogP contribution is -2.25. The highest BCUT2D eigenvalue weighted by molar-refractivity contribution is 5.48. The van der Waals surface area contributed by atoms with Crippen LogP contribution in [0.25, 0.3) is 0 Å². The van der Waals surface area contributed by atoms with E-state index >= 15 is 0 Å². The van der Waals surface area contributed by atoms with E-state index in [1.165, 1.54) is 12.8 Å². The van der Waals surface area contributed by atoms with E-state index in [-0.39, 0.29) is 12.0 Å². The zero-order valence-corrected chi connectivity index (χ0v) is 12.0. The maximum Gasteiger partial charge on any atom is 0.136 e. The number of nitrogens with zero attached hydrogens (tertiary/aromatic N) is 2. The largest absolute Gasteiger partial charge is 0.391 e. The Hall–Kier alpha value is -1.36. The van der Waals surface area contributed by atoms with Gasteiger partial charge in [-0.2, -0.15) is 0 Å². The molecule has 1 aliphatic carbocycles. The van der Waals surface area contributed by atoms with Crippen LogP contribution in [0, 0.1) is 5.92 Å². The molecule has 1 aliphatic rings. The molecule has 0 aromatic carbocycles. The standard InChI is InChI=1S/C14H24N4O/c1-4-15-12-7-13(16-8-11(19)9(2)3)18-14(17-12)10-5-6-10/h7,9-11,19H,4-6,8H2,1-3H3,(H2,15,16,17,18). The summed E-state index contributed by atoms with van der Waals surface area (Å²) in [6, 6.07) is 1.91. The van der Waals surface area contributed by atoms with E-state index in [1.807, 2.05) is 19.9 Å². The first kappa shape index (κ1) is 14.1. The molecule has 0 saturated heterocycles. The highest BCUT2D eigenvalue weighted by Gasteiger charge is 2.27. The number of hydrogen-bond acceptors (Lipinski definition) is 5. The first-order valence-corrected chi connectivity index (χ1v) is 7.15. The van der Waals surface area contributed by atoms with E-state index in [1.54, 1.807) is 0 Å². The number of aliphatic hydroxyl groups is 1. The third-order valence-electron chi connectivity index (χ3n) is 3.31. The van der Waals surface area contributed by atoms with Crippen molar-refractivity contribution in [3.05, 3.63) is 11.9 Å². The van der Waals surface area contributed by atoms with Gasteiger partial charge < -0.3 is 15.7 Å². The summed E-state index contributed by atoms with van der Waals surface area (Å²) in [5, 5.41) is 16.3. The molecule has 1 atom stereocenters. The van der Waals surface area contributed by atoms with E-state index in [4.69, 9.17) is 0 Å². The molecule has 3 N–H and O–H groups in total. The van der Waals surface area contributed by atoms with E-state index in [2.05, 4.69) is 27.5 Å². The molecule has 0 aliphatic heterocycles. The number of nitrogens with one attached hydrogen (secondary N) is 2. The molecule has 2 rings (SSSR count). The fourth-order valence-corrected chi connectivity index (χ4v) is 1.80. The highest BCUT2D eigenvalue weighted by Crippen LogP contribution is 2.38. The molecular weight excluding hydrogens is 240 g/mol. The molecule has 1 aromatic rings. The molecule has 0 spiro atoms. The maximum atomic E-state index is 9.83. The molecule has 19 heavy (non-hydrogen) atoms. The maximum absolute atomic E-state index is 9.83. The van der Waals surface area contributed by atoms with Crippen LogP contribution in [0.1, 0.15) is 45.4 Å². The topological polar surface area (TPSA) is 70.1 Å². The SMILES string of the molecule is CCNc1cc(NCC(O)C(C)C)nc(C2CC2)n1. The Kier molecular flexibility index (Phi) is 4.58. The van der Waals surface area contributed by atoms with E-state index in [9.17, 15) is 5.11 Å². The Bertz CT molecular complexity index is 418. The normalized spacial score (nSPS) is 16.5. The minimum atomic E-state index is -0.359. The van der Waals surface area contributed by atoms with Gasteiger partial charge in [-0.3, -0.25) is 0 Å².